The fraction of sp³-hybridized carbons (Fsp3) is 0.333. The molecule has 6 heteroatoms. The van der Waals surface area contributed by atoms with Gasteiger partial charge in [-0.1, -0.05) is 19.1 Å². The van der Waals surface area contributed by atoms with Gasteiger partial charge in [-0.05, 0) is 40.0 Å². The summed E-state index contributed by atoms with van der Waals surface area (Å²) in [5.41, 5.74) is 2.74. The fourth-order valence-corrected chi connectivity index (χ4v) is 2.74. The van der Waals surface area contributed by atoms with Crippen LogP contribution in [0.1, 0.15) is 23.9 Å². The van der Waals surface area contributed by atoms with Crippen molar-refractivity contribution in [3.8, 4) is 5.75 Å². The number of hydrogen-bond acceptors (Lipinski definition) is 3. The van der Waals surface area contributed by atoms with Gasteiger partial charge in [0.25, 0.3) is 0 Å². The Balaban J connectivity index is 2.03. The molecule has 2 rings (SSSR count). The maximum Gasteiger partial charge on any atom is 0.307 e. The molecule has 1 aromatic heterocycles. The molecule has 0 saturated heterocycles. The highest BCUT2D eigenvalue weighted by molar-refractivity contribution is 9.10. The maximum atomic E-state index is 10.6. The lowest BCUT2D eigenvalue weighted by Gasteiger charge is -2.07. The van der Waals surface area contributed by atoms with E-state index in [9.17, 15) is 4.79 Å². The molecule has 0 aliphatic carbocycles. The third kappa shape index (κ3) is 3.85. The first-order valence-corrected chi connectivity index (χ1v) is 7.44. The Kier molecular flexibility index (Phi) is 5.01. The van der Waals surface area contributed by atoms with E-state index in [1.165, 1.54) is 0 Å². The van der Waals surface area contributed by atoms with Gasteiger partial charge in [-0.15, -0.1) is 0 Å². The highest BCUT2D eigenvalue weighted by Gasteiger charge is 2.12. The molecule has 0 spiro atoms. The quantitative estimate of drug-likeness (QED) is 0.867. The van der Waals surface area contributed by atoms with Gasteiger partial charge in [-0.25, -0.2) is 0 Å². The summed E-state index contributed by atoms with van der Waals surface area (Å²) in [4.78, 5) is 10.6. The Hall–Kier alpha value is -1.82. The molecular weight excluding hydrogens is 336 g/mol. The highest BCUT2D eigenvalue weighted by atomic mass is 79.9. The van der Waals surface area contributed by atoms with Crippen LogP contribution < -0.4 is 4.74 Å². The number of aryl methyl sites for hydroxylation is 2. The van der Waals surface area contributed by atoms with Gasteiger partial charge in [0.15, 0.2) is 0 Å². The molecule has 0 unspecified atom stereocenters. The monoisotopic (exact) mass is 352 g/mol. The number of ether oxygens (including phenoxy) is 1. The van der Waals surface area contributed by atoms with Crippen LogP contribution >= 0.6 is 15.9 Å². The fourth-order valence-electron chi connectivity index (χ4n) is 2.01. The summed E-state index contributed by atoms with van der Waals surface area (Å²) in [6, 6.07) is 7.09. The summed E-state index contributed by atoms with van der Waals surface area (Å²) in [5, 5.41) is 13.1. The molecule has 0 saturated carbocycles. The minimum absolute atomic E-state index is 0.0212. The highest BCUT2D eigenvalue weighted by Crippen LogP contribution is 2.23. The average Bonchev–Trinajstić information content (AvgIpc) is 2.72. The first-order valence-electron chi connectivity index (χ1n) is 6.65. The Morgan fingerprint density at radius 3 is 2.57 bits per heavy atom. The Morgan fingerprint density at radius 1 is 1.38 bits per heavy atom. The first-order chi connectivity index (χ1) is 10.0. The minimum Gasteiger partial charge on any atom is -0.487 e. The molecule has 0 atom stereocenters. The van der Waals surface area contributed by atoms with Crippen LogP contribution in [0.15, 0.2) is 28.7 Å². The van der Waals surface area contributed by atoms with Crippen LogP contribution in [0.25, 0.3) is 0 Å². The van der Waals surface area contributed by atoms with Gasteiger partial charge in [0, 0.05) is 7.05 Å². The van der Waals surface area contributed by atoms with Crippen molar-refractivity contribution in [2.45, 2.75) is 26.4 Å². The average molecular weight is 353 g/mol. The van der Waals surface area contributed by atoms with E-state index in [-0.39, 0.29) is 6.42 Å². The van der Waals surface area contributed by atoms with Crippen LogP contribution in [0, 0.1) is 0 Å². The molecule has 0 aliphatic rings. The number of rotatable bonds is 6. The number of benzene rings is 1. The van der Waals surface area contributed by atoms with Crippen molar-refractivity contribution < 1.29 is 14.6 Å². The zero-order chi connectivity index (χ0) is 15.4. The number of nitrogens with zero attached hydrogens (tertiary/aromatic N) is 2. The van der Waals surface area contributed by atoms with Gasteiger partial charge in [-0.3, -0.25) is 9.48 Å². The zero-order valence-corrected chi connectivity index (χ0v) is 13.6. The summed E-state index contributed by atoms with van der Waals surface area (Å²) in [6.07, 6.45) is 0.881. The van der Waals surface area contributed by atoms with Gasteiger partial charge < -0.3 is 9.84 Å². The summed E-state index contributed by atoms with van der Waals surface area (Å²) < 4.78 is 8.52. The lowest BCUT2D eigenvalue weighted by atomic mass is 10.1. The van der Waals surface area contributed by atoms with Crippen LogP contribution in [0.5, 0.6) is 5.75 Å². The van der Waals surface area contributed by atoms with E-state index in [1.54, 1.807) is 24.3 Å². The predicted octanol–water partition coefficient (Wildman–Crippen LogP) is 2.95. The Labute approximate surface area is 131 Å². The van der Waals surface area contributed by atoms with Gasteiger partial charge in [-0.2, -0.15) is 5.10 Å². The van der Waals surface area contributed by atoms with Crippen molar-refractivity contribution in [1.82, 2.24) is 9.78 Å². The lowest BCUT2D eigenvalue weighted by Crippen LogP contribution is -2.04. The van der Waals surface area contributed by atoms with E-state index in [4.69, 9.17) is 9.84 Å². The first kappa shape index (κ1) is 15.6. The Morgan fingerprint density at radius 2 is 2.05 bits per heavy atom. The molecule has 1 N–H and O–H groups in total. The molecule has 2 aromatic rings. The molecular formula is C15H17BrN2O3. The number of carboxylic acids is 1. The van der Waals surface area contributed by atoms with Crippen LogP contribution in [0.4, 0.5) is 0 Å². The van der Waals surface area contributed by atoms with E-state index in [1.807, 2.05) is 11.7 Å². The van der Waals surface area contributed by atoms with E-state index >= 15 is 0 Å². The normalized spacial score (nSPS) is 10.6. The van der Waals surface area contributed by atoms with Gasteiger partial charge in [0.2, 0.25) is 0 Å². The van der Waals surface area contributed by atoms with Crippen molar-refractivity contribution in [1.29, 1.82) is 0 Å². The summed E-state index contributed by atoms with van der Waals surface area (Å²) >= 11 is 3.55. The van der Waals surface area contributed by atoms with E-state index in [2.05, 4.69) is 28.0 Å². The number of hydrogen-bond donors (Lipinski definition) is 1. The van der Waals surface area contributed by atoms with Gasteiger partial charge >= 0.3 is 5.97 Å². The van der Waals surface area contributed by atoms with E-state index < -0.39 is 5.97 Å². The second-order valence-electron chi connectivity index (χ2n) is 4.69. The molecule has 0 aliphatic heterocycles. The summed E-state index contributed by atoms with van der Waals surface area (Å²) in [6.45, 7) is 2.46. The smallest absolute Gasteiger partial charge is 0.307 e. The lowest BCUT2D eigenvalue weighted by molar-refractivity contribution is -0.136. The van der Waals surface area contributed by atoms with Crippen molar-refractivity contribution in [2.75, 3.05) is 0 Å². The van der Waals surface area contributed by atoms with Crippen LogP contribution in [-0.2, 0) is 31.3 Å². The third-order valence-corrected chi connectivity index (χ3v) is 4.07. The molecule has 0 radical (unpaired) electrons. The number of aromatic nitrogens is 2. The Bertz CT molecular complexity index is 635. The number of aliphatic carboxylic acids is 1. The minimum atomic E-state index is -0.838. The van der Waals surface area contributed by atoms with Crippen molar-refractivity contribution in [3.05, 3.63) is 45.7 Å². The molecule has 0 amide bonds. The molecule has 5 nitrogen and oxygen atoms in total. The predicted molar refractivity (Wildman–Crippen MR) is 82.4 cm³/mol. The van der Waals surface area contributed by atoms with Crippen molar-refractivity contribution in [3.63, 3.8) is 0 Å². The summed E-state index contributed by atoms with van der Waals surface area (Å²) in [7, 11) is 1.89. The second kappa shape index (κ2) is 6.76. The molecule has 1 aromatic carbocycles. The van der Waals surface area contributed by atoms with Crippen LogP contribution in [0.2, 0.25) is 0 Å². The molecule has 0 bridgehead atoms. The second-order valence-corrected chi connectivity index (χ2v) is 5.48. The number of carboxylic acid groups (broad SMARTS) is 1. The topological polar surface area (TPSA) is 64.4 Å². The van der Waals surface area contributed by atoms with Crippen molar-refractivity contribution >= 4 is 21.9 Å². The molecule has 1 heterocycles. The van der Waals surface area contributed by atoms with Gasteiger partial charge in [0.05, 0.1) is 22.3 Å². The van der Waals surface area contributed by atoms with E-state index in [0.29, 0.717) is 12.4 Å². The number of carbonyl (C=O) groups is 1. The largest absolute Gasteiger partial charge is 0.487 e. The van der Waals surface area contributed by atoms with Crippen LogP contribution in [0.3, 0.4) is 0 Å². The number of halogens is 1. The molecule has 0 fully saturated rings. The third-order valence-electron chi connectivity index (χ3n) is 3.16. The standard InChI is InChI=1S/C15H17BrN2O3/c1-3-12-15(16)13(18(2)17-12)9-21-11-6-4-10(5-7-11)8-14(19)20/h4-7H,3,8-9H2,1-2H3,(H,19,20). The maximum absolute atomic E-state index is 10.6. The summed E-state index contributed by atoms with van der Waals surface area (Å²) in [5.74, 6) is -0.134. The van der Waals surface area contributed by atoms with Gasteiger partial charge in [0.1, 0.15) is 12.4 Å². The SMILES string of the molecule is CCc1nn(C)c(COc2ccc(CC(=O)O)cc2)c1Br. The van der Waals surface area contributed by atoms with E-state index in [0.717, 1.165) is 27.8 Å². The zero-order valence-electron chi connectivity index (χ0n) is 12.0. The molecule has 112 valence electrons. The van der Waals surface area contributed by atoms with Crippen LogP contribution in [-0.4, -0.2) is 20.9 Å². The van der Waals surface area contributed by atoms with Crippen molar-refractivity contribution in [2.24, 2.45) is 7.05 Å². The molecule has 21 heavy (non-hydrogen) atoms.